The van der Waals surface area contributed by atoms with Gasteiger partial charge in [-0.1, -0.05) is 41.4 Å². The minimum atomic E-state index is -0.289. The van der Waals surface area contributed by atoms with Crippen molar-refractivity contribution in [3.05, 3.63) is 75.4 Å². The molecule has 0 fully saturated rings. The molecule has 0 aliphatic rings. The number of hydrogen-bond acceptors (Lipinski definition) is 3. The van der Waals surface area contributed by atoms with Crippen molar-refractivity contribution in [1.82, 2.24) is 9.78 Å². The fourth-order valence-electron chi connectivity index (χ4n) is 2.58. The van der Waals surface area contributed by atoms with Gasteiger partial charge in [-0.2, -0.15) is 5.10 Å². The van der Waals surface area contributed by atoms with Gasteiger partial charge in [0.25, 0.3) is 5.91 Å². The number of aromatic nitrogens is 2. The molecule has 2 aromatic carbocycles. The van der Waals surface area contributed by atoms with Crippen molar-refractivity contribution in [3.8, 4) is 5.75 Å². The zero-order valence-electron chi connectivity index (χ0n) is 14.3. The van der Waals surface area contributed by atoms with Crippen molar-refractivity contribution in [2.45, 2.75) is 13.5 Å². The smallest absolute Gasteiger partial charge is 0.260 e. The van der Waals surface area contributed by atoms with Gasteiger partial charge in [0.1, 0.15) is 5.75 Å². The van der Waals surface area contributed by atoms with Crippen molar-refractivity contribution in [1.29, 1.82) is 0 Å². The van der Waals surface area contributed by atoms with Crippen LogP contribution in [-0.2, 0) is 6.54 Å². The minimum absolute atomic E-state index is 0.289. The highest BCUT2D eigenvalue weighted by Crippen LogP contribution is 2.26. The Balaban J connectivity index is 1.81. The van der Waals surface area contributed by atoms with Gasteiger partial charge in [-0.15, -0.1) is 0 Å². The molecule has 0 saturated heterocycles. The Bertz CT molecular complexity index is 933. The Morgan fingerprint density at radius 3 is 2.54 bits per heavy atom. The van der Waals surface area contributed by atoms with E-state index in [-0.39, 0.29) is 5.91 Å². The number of ether oxygens (including phenoxy) is 1. The molecule has 134 valence electrons. The van der Waals surface area contributed by atoms with Crippen LogP contribution < -0.4 is 10.1 Å². The lowest BCUT2D eigenvalue weighted by molar-refractivity contribution is 0.102. The fraction of sp³-hybridized carbons (Fsp3) is 0.158. The fourth-order valence-corrected chi connectivity index (χ4v) is 3.10. The minimum Gasteiger partial charge on any atom is -0.496 e. The highest BCUT2D eigenvalue weighted by atomic mass is 35.5. The van der Waals surface area contributed by atoms with Gasteiger partial charge >= 0.3 is 0 Å². The van der Waals surface area contributed by atoms with Crippen LogP contribution in [0.4, 0.5) is 5.82 Å². The van der Waals surface area contributed by atoms with Gasteiger partial charge in [-0.3, -0.25) is 9.48 Å². The maximum absolute atomic E-state index is 12.5. The number of benzene rings is 2. The van der Waals surface area contributed by atoms with E-state index in [2.05, 4.69) is 10.4 Å². The number of carbonyl (C=O) groups excluding carboxylic acids is 1. The number of nitrogens with zero attached hydrogens (tertiary/aromatic N) is 2. The van der Waals surface area contributed by atoms with Gasteiger partial charge in [0.2, 0.25) is 0 Å². The number of aryl methyl sites for hydroxylation is 1. The average molecular weight is 390 g/mol. The van der Waals surface area contributed by atoms with Gasteiger partial charge in [-0.05, 0) is 31.2 Å². The van der Waals surface area contributed by atoms with Crippen molar-refractivity contribution in [2.75, 3.05) is 12.4 Å². The van der Waals surface area contributed by atoms with Crippen molar-refractivity contribution < 1.29 is 9.53 Å². The van der Waals surface area contributed by atoms with Crippen molar-refractivity contribution in [2.24, 2.45) is 0 Å². The summed E-state index contributed by atoms with van der Waals surface area (Å²) in [6.45, 7) is 2.31. The number of anilines is 1. The van der Waals surface area contributed by atoms with Crippen LogP contribution in [0.15, 0.2) is 48.5 Å². The molecule has 0 radical (unpaired) electrons. The van der Waals surface area contributed by atoms with E-state index in [9.17, 15) is 4.79 Å². The summed E-state index contributed by atoms with van der Waals surface area (Å²) >= 11 is 12.5. The number of para-hydroxylation sites is 1. The molecule has 0 saturated carbocycles. The summed E-state index contributed by atoms with van der Waals surface area (Å²) in [5, 5.41) is 8.38. The summed E-state index contributed by atoms with van der Waals surface area (Å²) < 4.78 is 6.96. The number of rotatable bonds is 5. The van der Waals surface area contributed by atoms with Crippen LogP contribution in [0.1, 0.15) is 21.6 Å². The van der Waals surface area contributed by atoms with E-state index in [4.69, 9.17) is 27.9 Å². The molecule has 26 heavy (non-hydrogen) atoms. The SMILES string of the molecule is COc1ccccc1C(=O)Nc1cc(C)n(Cc2c(Cl)cccc2Cl)n1. The third-order valence-electron chi connectivity index (χ3n) is 3.94. The molecular weight excluding hydrogens is 373 g/mol. The van der Waals surface area contributed by atoms with E-state index in [1.165, 1.54) is 7.11 Å². The van der Waals surface area contributed by atoms with E-state index in [1.54, 1.807) is 47.1 Å². The first kappa shape index (κ1) is 18.3. The first-order valence-electron chi connectivity index (χ1n) is 7.91. The lowest BCUT2D eigenvalue weighted by Gasteiger charge is -2.09. The van der Waals surface area contributed by atoms with Crippen LogP contribution in [0.5, 0.6) is 5.75 Å². The Kier molecular flexibility index (Phi) is 5.49. The van der Waals surface area contributed by atoms with Crippen molar-refractivity contribution in [3.63, 3.8) is 0 Å². The molecule has 0 unspecified atom stereocenters. The van der Waals surface area contributed by atoms with Crippen LogP contribution in [-0.4, -0.2) is 22.8 Å². The summed E-state index contributed by atoms with van der Waals surface area (Å²) in [6, 6.07) is 14.2. The molecule has 5 nitrogen and oxygen atoms in total. The van der Waals surface area contributed by atoms with E-state index in [0.29, 0.717) is 33.7 Å². The van der Waals surface area contributed by atoms with Crippen LogP contribution in [0.25, 0.3) is 0 Å². The third-order valence-corrected chi connectivity index (χ3v) is 4.65. The highest BCUT2D eigenvalue weighted by Gasteiger charge is 2.15. The average Bonchev–Trinajstić information content (AvgIpc) is 2.97. The predicted molar refractivity (Wildman–Crippen MR) is 103 cm³/mol. The summed E-state index contributed by atoms with van der Waals surface area (Å²) in [6.07, 6.45) is 0. The van der Waals surface area contributed by atoms with Gasteiger partial charge in [0.15, 0.2) is 5.82 Å². The largest absolute Gasteiger partial charge is 0.496 e. The molecule has 1 N–H and O–H groups in total. The van der Waals surface area contributed by atoms with Crippen LogP contribution in [0, 0.1) is 6.92 Å². The summed E-state index contributed by atoms with van der Waals surface area (Å²) in [5.74, 6) is 0.661. The monoisotopic (exact) mass is 389 g/mol. The molecule has 0 aliphatic heterocycles. The maximum atomic E-state index is 12.5. The second-order valence-corrected chi connectivity index (χ2v) is 6.50. The Hall–Kier alpha value is -2.50. The van der Waals surface area contributed by atoms with Crippen LogP contribution >= 0.6 is 23.2 Å². The van der Waals surface area contributed by atoms with Crippen LogP contribution in [0.2, 0.25) is 10.0 Å². The topological polar surface area (TPSA) is 56.1 Å². The molecule has 0 atom stereocenters. The number of amides is 1. The molecule has 1 heterocycles. The number of carbonyl (C=O) groups is 1. The molecule has 0 aliphatic carbocycles. The number of halogens is 2. The lowest BCUT2D eigenvalue weighted by atomic mass is 10.2. The normalized spacial score (nSPS) is 10.6. The van der Waals surface area contributed by atoms with E-state index in [0.717, 1.165) is 11.3 Å². The molecule has 3 aromatic rings. The summed E-state index contributed by atoms with van der Waals surface area (Å²) in [7, 11) is 1.53. The Morgan fingerprint density at radius 2 is 1.85 bits per heavy atom. The van der Waals surface area contributed by atoms with Gasteiger partial charge < -0.3 is 10.1 Å². The number of hydrogen-bond donors (Lipinski definition) is 1. The standard InChI is InChI=1S/C19H17Cl2N3O2/c1-12-10-18(22-19(25)13-6-3-4-9-17(13)26-2)23-24(12)11-14-15(20)7-5-8-16(14)21/h3-10H,11H2,1-2H3,(H,22,23,25). The molecule has 7 heteroatoms. The first-order valence-corrected chi connectivity index (χ1v) is 8.67. The molecule has 1 amide bonds. The van der Waals surface area contributed by atoms with Gasteiger partial charge in [-0.25, -0.2) is 0 Å². The number of methoxy groups -OCH3 is 1. The van der Waals surface area contributed by atoms with Gasteiger partial charge in [0.05, 0.1) is 19.2 Å². The number of nitrogens with one attached hydrogen (secondary N) is 1. The second-order valence-electron chi connectivity index (χ2n) is 5.68. The third kappa shape index (κ3) is 3.84. The van der Waals surface area contributed by atoms with E-state index >= 15 is 0 Å². The second kappa shape index (κ2) is 7.81. The Morgan fingerprint density at radius 1 is 1.15 bits per heavy atom. The molecular formula is C19H17Cl2N3O2. The molecule has 1 aromatic heterocycles. The summed E-state index contributed by atoms with van der Waals surface area (Å²) in [4.78, 5) is 12.5. The quantitative estimate of drug-likeness (QED) is 0.681. The van der Waals surface area contributed by atoms with E-state index in [1.807, 2.05) is 13.0 Å². The van der Waals surface area contributed by atoms with Crippen LogP contribution in [0.3, 0.4) is 0 Å². The zero-order valence-corrected chi connectivity index (χ0v) is 15.8. The predicted octanol–water partition coefficient (Wildman–Crippen LogP) is 4.81. The zero-order chi connectivity index (χ0) is 18.7. The Labute approximate surface area is 161 Å². The lowest BCUT2D eigenvalue weighted by Crippen LogP contribution is -2.14. The first-order chi connectivity index (χ1) is 12.5. The highest BCUT2D eigenvalue weighted by molar-refractivity contribution is 6.35. The molecule has 0 spiro atoms. The van der Waals surface area contributed by atoms with Gasteiger partial charge in [0, 0.05) is 27.4 Å². The van der Waals surface area contributed by atoms with Crippen molar-refractivity contribution >= 4 is 34.9 Å². The maximum Gasteiger partial charge on any atom is 0.260 e. The summed E-state index contributed by atoms with van der Waals surface area (Å²) in [5.41, 5.74) is 2.09. The van der Waals surface area contributed by atoms with E-state index < -0.39 is 0 Å². The molecule has 0 bridgehead atoms. The molecule has 3 rings (SSSR count).